The lowest BCUT2D eigenvalue weighted by Gasteiger charge is -2.35. The van der Waals surface area contributed by atoms with Gasteiger partial charge in [0.05, 0.1) is 6.26 Å². The SMILES string of the molecule is CC(C)N1CC2(CCOCC2)c2cc(NS(C)(=O)=O)ccc21. The van der Waals surface area contributed by atoms with Gasteiger partial charge in [0.2, 0.25) is 10.0 Å². The van der Waals surface area contributed by atoms with Crippen molar-refractivity contribution in [2.24, 2.45) is 0 Å². The largest absolute Gasteiger partial charge is 0.381 e. The van der Waals surface area contributed by atoms with Gasteiger partial charge in [0.25, 0.3) is 0 Å². The van der Waals surface area contributed by atoms with E-state index >= 15 is 0 Å². The maximum atomic E-state index is 11.5. The first kappa shape index (κ1) is 15.6. The number of anilines is 2. The Hall–Kier alpha value is -1.27. The van der Waals surface area contributed by atoms with Gasteiger partial charge in [-0.25, -0.2) is 8.42 Å². The third-order valence-corrected chi connectivity index (χ3v) is 5.33. The van der Waals surface area contributed by atoms with E-state index in [-0.39, 0.29) is 5.41 Å². The van der Waals surface area contributed by atoms with Crippen LogP contribution in [0.2, 0.25) is 0 Å². The molecule has 1 spiro atoms. The van der Waals surface area contributed by atoms with Gasteiger partial charge in [0, 0.05) is 42.6 Å². The first-order valence-corrected chi connectivity index (χ1v) is 9.67. The molecule has 122 valence electrons. The van der Waals surface area contributed by atoms with Crippen molar-refractivity contribution >= 4 is 21.4 Å². The lowest BCUT2D eigenvalue weighted by molar-refractivity contribution is 0.0551. The van der Waals surface area contributed by atoms with E-state index in [4.69, 9.17) is 4.74 Å². The van der Waals surface area contributed by atoms with Gasteiger partial charge in [-0.3, -0.25) is 4.72 Å². The summed E-state index contributed by atoms with van der Waals surface area (Å²) in [6.45, 7) is 6.94. The van der Waals surface area contributed by atoms with Gasteiger partial charge in [0.1, 0.15) is 0 Å². The number of benzene rings is 1. The second-order valence-electron chi connectivity index (χ2n) is 6.72. The van der Waals surface area contributed by atoms with Crippen molar-refractivity contribution < 1.29 is 13.2 Å². The number of fused-ring (bicyclic) bond motifs is 2. The lowest BCUT2D eigenvalue weighted by Crippen LogP contribution is -2.40. The van der Waals surface area contributed by atoms with E-state index in [1.165, 1.54) is 17.5 Å². The molecule has 3 rings (SSSR count). The van der Waals surface area contributed by atoms with E-state index < -0.39 is 10.0 Å². The number of nitrogens with zero attached hydrogens (tertiary/aromatic N) is 1. The van der Waals surface area contributed by atoms with Crippen LogP contribution in [-0.4, -0.2) is 40.5 Å². The number of hydrogen-bond acceptors (Lipinski definition) is 4. The Bertz CT molecular complexity index is 664. The van der Waals surface area contributed by atoms with E-state index in [1.807, 2.05) is 18.2 Å². The quantitative estimate of drug-likeness (QED) is 0.927. The summed E-state index contributed by atoms with van der Waals surface area (Å²) < 4.78 is 31.1. The van der Waals surface area contributed by atoms with E-state index in [9.17, 15) is 8.42 Å². The minimum Gasteiger partial charge on any atom is -0.381 e. The van der Waals surface area contributed by atoms with Crippen molar-refractivity contribution in [3.8, 4) is 0 Å². The molecular formula is C16H24N2O3S. The molecule has 0 atom stereocenters. The maximum absolute atomic E-state index is 11.5. The second kappa shape index (κ2) is 5.42. The zero-order chi connectivity index (χ0) is 16.0. The summed E-state index contributed by atoms with van der Waals surface area (Å²) in [5.74, 6) is 0. The van der Waals surface area contributed by atoms with Gasteiger partial charge in [-0.15, -0.1) is 0 Å². The standard InChI is InChI=1S/C16H24N2O3S/c1-12(2)18-11-16(6-8-21-9-7-16)14-10-13(4-5-15(14)18)17-22(3,19)20/h4-5,10,12,17H,6-9,11H2,1-3H3. The summed E-state index contributed by atoms with van der Waals surface area (Å²) in [6.07, 6.45) is 3.17. The van der Waals surface area contributed by atoms with Crippen molar-refractivity contribution in [1.29, 1.82) is 0 Å². The fourth-order valence-corrected chi connectivity index (χ4v) is 4.19. The summed E-state index contributed by atoms with van der Waals surface area (Å²) in [5.41, 5.74) is 3.24. The van der Waals surface area contributed by atoms with Crippen molar-refractivity contribution in [2.45, 2.75) is 38.1 Å². The summed E-state index contributed by atoms with van der Waals surface area (Å²) in [7, 11) is -3.26. The highest BCUT2D eigenvalue weighted by atomic mass is 32.2. The average Bonchev–Trinajstić information content (AvgIpc) is 2.73. The Balaban J connectivity index is 2.04. The molecular weight excluding hydrogens is 300 g/mol. The molecule has 2 aliphatic heterocycles. The molecule has 1 saturated heterocycles. The molecule has 0 radical (unpaired) electrons. The van der Waals surface area contributed by atoms with Gasteiger partial charge in [0.15, 0.2) is 0 Å². The van der Waals surface area contributed by atoms with Crippen LogP contribution in [0.15, 0.2) is 18.2 Å². The van der Waals surface area contributed by atoms with Gasteiger partial charge >= 0.3 is 0 Å². The van der Waals surface area contributed by atoms with Crippen molar-refractivity contribution in [2.75, 3.05) is 35.6 Å². The summed E-state index contributed by atoms with van der Waals surface area (Å²) in [6, 6.07) is 6.35. The fourth-order valence-electron chi connectivity index (χ4n) is 3.64. The summed E-state index contributed by atoms with van der Waals surface area (Å²) >= 11 is 0. The molecule has 0 saturated carbocycles. The van der Waals surface area contributed by atoms with E-state index in [1.54, 1.807) is 0 Å². The number of ether oxygens (including phenoxy) is 1. The van der Waals surface area contributed by atoms with E-state index in [0.29, 0.717) is 11.7 Å². The number of rotatable bonds is 3. The molecule has 22 heavy (non-hydrogen) atoms. The molecule has 1 fully saturated rings. The van der Waals surface area contributed by atoms with Crippen LogP contribution in [0.5, 0.6) is 0 Å². The van der Waals surface area contributed by atoms with Crippen LogP contribution in [0, 0.1) is 0 Å². The molecule has 2 heterocycles. The molecule has 0 amide bonds. The highest BCUT2D eigenvalue weighted by Crippen LogP contribution is 2.48. The Morgan fingerprint density at radius 1 is 1.27 bits per heavy atom. The Labute approximate surface area is 132 Å². The molecule has 0 aromatic heterocycles. The monoisotopic (exact) mass is 324 g/mol. The maximum Gasteiger partial charge on any atom is 0.229 e. The summed E-state index contributed by atoms with van der Waals surface area (Å²) in [5, 5.41) is 0. The third-order valence-electron chi connectivity index (χ3n) is 4.73. The molecule has 0 aliphatic carbocycles. The molecule has 1 N–H and O–H groups in total. The van der Waals surface area contributed by atoms with E-state index in [2.05, 4.69) is 23.5 Å². The van der Waals surface area contributed by atoms with Crippen LogP contribution in [-0.2, 0) is 20.2 Å². The fraction of sp³-hybridized carbons (Fsp3) is 0.625. The molecule has 1 aromatic rings. The van der Waals surface area contributed by atoms with Crippen molar-refractivity contribution in [1.82, 2.24) is 0 Å². The van der Waals surface area contributed by atoms with Crippen molar-refractivity contribution in [3.05, 3.63) is 23.8 Å². The third kappa shape index (κ3) is 2.82. The zero-order valence-corrected chi connectivity index (χ0v) is 14.2. The zero-order valence-electron chi connectivity index (χ0n) is 13.4. The van der Waals surface area contributed by atoms with Crippen LogP contribution in [0.1, 0.15) is 32.3 Å². The highest BCUT2D eigenvalue weighted by molar-refractivity contribution is 7.92. The molecule has 0 bridgehead atoms. The first-order chi connectivity index (χ1) is 10.3. The Morgan fingerprint density at radius 2 is 1.95 bits per heavy atom. The topological polar surface area (TPSA) is 58.6 Å². The van der Waals surface area contributed by atoms with Crippen LogP contribution in [0.4, 0.5) is 11.4 Å². The number of nitrogens with one attached hydrogen (secondary N) is 1. The van der Waals surface area contributed by atoms with E-state index in [0.717, 1.165) is 32.6 Å². The first-order valence-electron chi connectivity index (χ1n) is 7.77. The molecule has 0 unspecified atom stereocenters. The Kier molecular flexibility index (Phi) is 3.85. The number of sulfonamides is 1. The van der Waals surface area contributed by atoms with Crippen LogP contribution < -0.4 is 9.62 Å². The van der Waals surface area contributed by atoms with Gasteiger partial charge in [-0.1, -0.05) is 0 Å². The minimum absolute atomic E-state index is 0.0903. The predicted molar refractivity (Wildman–Crippen MR) is 89.1 cm³/mol. The predicted octanol–water partition coefficient (Wildman–Crippen LogP) is 2.33. The van der Waals surface area contributed by atoms with Gasteiger partial charge < -0.3 is 9.64 Å². The normalized spacial score (nSPS) is 20.5. The highest BCUT2D eigenvalue weighted by Gasteiger charge is 2.44. The van der Waals surface area contributed by atoms with Gasteiger partial charge in [-0.05, 0) is 50.5 Å². The smallest absolute Gasteiger partial charge is 0.229 e. The minimum atomic E-state index is -3.26. The summed E-state index contributed by atoms with van der Waals surface area (Å²) in [4.78, 5) is 2.42. The molecule has 1 aromatic carbocycles. The number of hydrogen-bond donors (Lipinski definition) is 1. The Morgan fingerprint density at radius 3 is 2.55 bits per heavy atom. The molecule has 6 heteroatoms. The second-order valence-corrected chi connectivity index (χ2v) is 8.47. The van der Waals surface area contributed by atoms with Crippen LogP contribution in [0.3, 0.4) is 0 Å². The van der Waals surface area contributed by atoms with Crippen LogP contribution >= 0.6 is 0 Å². The van der Waals surface area contributed by atoms with Crippen LogP contribution in [0.25, 0.3) is 0 Å². The molecule has 2 aliphatic rings. The van der Waals surface area contributed by atoms with Gasteiger partial charge in [-0.2, -0.15) is 0 Å². The lowest BCUT2D eigenvalue weighted by atomic mass is 9.76. The average molecular weight is 324 g/mol. The molecule has 5 nitrogen and oxygen atoms in total. The van der Waals surface area contributed by atoms with Crippen molar-refractivity contribution in [3.63, 3.8) is 0 Å².